The number of carbonyl (C=O) groups is 2. The van der Waals surface area contributed by atoms with Crippen molar-refractivity contribution in [1.29, 1.82) is 0 Å². The predicted molar refractivity (Wildman–Crippen MR) is 104 cm³/mol. The normalized spacial score (nSPS) is 18.6. The number of aliphatic hydroxyl groups is 1. The molecule has 1 saturated heterocycles. The number of carbonyl (C=O) groups excluding carboxylic acids is 2. The Morgan fingerprint density at radius 2 is 1.61 bits per heavy atom. The summed E-state index contributed by atoms with van der Waals surface area (Å²) in [5.74, 6) is -0.449. The molecule has 4 rings (SSSR count). The Morgan fingerprint density at radius 3 is 2.21 bits per heavy atom. The highest BCUT2D eigenvalue weighted by atomic mass is 16.3. The van der Waals surface area contributed by atoms with Gasteiger partial charge in [0.15, 0.2) is 0 Å². The zero-order chi connectivity index (χ0) is 19.7. The van der Waals surface area contributed by atoms with Gasteiger partial charge in [0.05, 0.1) is 5.57 Å². The molecule has 1 N–H and O–H groups in total. The van der Waals surface area contributed by atoms with Gasteiger partial charge in [-0.1, -0.05) is 60.7 Å². The molecule has 0 saturated carbocycles. The van der Waals surface area contributed by atoms with Crippen molar-refractivity contribution in [2.45, 2.75) is 19.5 Å². The van der Waals surface area contributed by atoms with Gasteiger partial charge in [0.25, 0.3) is 11.7 Å². The number of hydrogen-bond donors (Lipinski definition) is 1. The van der Waals surface area contributed by atoms with Crippen LogP contribution in [0.4, 0.5) is 0 Å². The first-order valence-corrected chi connectivity index (χ1v) is 9.00. The van der Waals surface area contributed by atoms with Crippen molar-refractivity contribution in [3.05, 3.63) is 101 Å². The van der Waals surface area contributed by atoms with Crippen molar-refractivity contribution in [1.82, 2.24) is 4.90 Å². The number of furan rings is 1. The number of aryl methyl sites for hydroxylation is 1. The second-order valence-electron chi connectivity index (χ2n) is 6.73. The lowest BCUT2D eigenvalue weighted by molar-refractivity contribution is -0.140. The van der Waals surface area contributed by atoms with Crippen LogP contribution < -0.4 is 0 Å². The molecule has 2 heterocycles. The highest BCUT2D eigenvalue weighted by molar-refractivity contribution is 6.46. The van der Waals surface area contributed by atoms with Crippen LogP contribution in [0, 0.1) is 6.92 Å². The zero-order valence-corrected chi connectivity index (χ0v) is 15.3. The van der Waals surface area contributed by atoms with Crippen LogP contribution in [-0.4, -0.2) is 21.7 Å². The molecule has 140 valence electrons. The summed E-state index contributed by atoms with van der Waals surface area (Å²) in [4.78, 5) is 27.1. The van der Waals surface area contributed by atoms with Gasteiger partial charge in [0, 0.05) is 12.1 Å². The van der Waals surface area contributed by atoms with Crippen LogP contribution in [0.2, 0.25) is 0 Å². The van der Waals surface area contributed by atoms with Crippen LogP contribution >= 0.6 is 0 Å². The molecule has 1 aliphatic heterocycles. The van der Waals surface area contributed by atoms with Gasteiger partial charge in [-0.3, -0.25) is 9.59 Å². The van der Waals surface area contributed by atoms with Gasteiger partial charge in [0.1, 0.15) is 23.3 Å². The van der Waals surface area contributed by atoms with E-state index in [2.05, 4.69) is 0 Å². The van der Waals surface area contributed by atoms with Crippen molar-refractivity contribution < 1.29 is 19.1 Å². The Hall–Kier alpha value is -3.60. The summed E-state index contributed by atoms with van der Waals surface area (Å²) >= 11 is 0. The molecule has 1 aliphatic rings. The number of rotatable bonds is 4. The zero-order valence-electron chi connectivity index (χ0n) is 15.3. The van der Waals surface area contributed by atoms with Gasteiger partial charge in [-0.05, 0) is 24.6 Å². The van der Waals surface area contributed by atoms with Crippen molar-refractivity contribution >= 4 is 17.4 Å². The summed E-state index contributed by atoms with van der Waals surface area (Å²) in [6, 6.07) is 20.9. The molecule has 1 amide bonds. The van der Waals surface area contributed by atoms with Crippen LogP contribution in [0.5, 0.6) is 0 Å². The van der Waals surface area contributed by atoms with E-state index in [4.69, 9.17) is 4.42 Å². The maximum Gasteiger partial charge on any atom is 0.296 e. The third-order valence-electron chi connectivity index (χ3n) is 4.81. The highest BCUT2D eigenvalue weighted by Crippen LogP contribution is 2.40. The van der Waals surface area contributed by atoms with Crippen LogP contribution in [0.15, 0.2) is 82.8 Å². The first kappa shape index (κ1) is 17.8. The number of benzene rings is 2. The van der Waals surface area contributed by atoms with E-state index in [1.165, 1.54) is 4.90 Å². The van der Waals surface area contributed by atoms with E-state index in [0.717, 1.165) is 5.56 Å². The van der Waals surface area contributed by atoms with E-state index < -0.39 is 17.7 Å². The van der Waals surface area contributed by atoms with Crippen molar-refractivity contribution in [3.8, 4) is 0 Å². The average Bonchev–Trinajstić information content (AvgIpc) is 3.25. The number of amides is 1. The summed E-state index contributed by atoms with van der Waals surface area (Å²) in [6.07, 6.45) is 0. The van der Waals surface area contributed by atoms with E-state index in [1.807, 2.05) is 36.4 Å². The van der Waals surface area contributed by atoms with Crippen molar-refractivity contribution in [2.75, 3.05) is 0 Å². The SMILES string of the molecule is Cc1ccc(C2C(=C(O)c3ccccc3)C(=O)C(=O)N2Cc2ccccc2)o1. The summed E-state index contributed by atoms with van der Waals surface area (Å²) in [5, 5.41) is 10.9. The molecule has 28 heavy (non-hydrogen) atoms. The quantitative estimate of drug-likeness (QED) is 0.422. The first-order chi connectivity index (χ1) is 13.6. The Balaban J connectivity index is 1.85. The summed E-state index contributed by atoms with van der Waals surface area (Å²) in [7, 11) is 0. The minimum absolute atomic E-state index is 0.0430. The lowest BCUT2D eigenvalue weighted by Crippen LogP contribution is -2.29. The molecular formula is C23H19NO4. The second kappa shape index (κ2) is 7.19. The Morgan fingerprint density at radius 1 is 0.964 bits per heavy atom. The standard InChI is InChI=1S/C23H19NO4/c1-15-12-13-18(28-15)20-19(21(25)17-10-6-3-7-11-17)22(26)23(27)24(20)14-16-8-4-2-5-9-16/h2-13,20,25H,14H2,1H3. The van der Waals surface area contributed by atoms with Crippen LogP contribution in [0.25, 0.3) is 5.76 Å². The van der Waals surface area contributed by atoms with Crippen LogP contribution in [0.1, 0.15) is 28.7 Å². The maximum atomic E-state index is 12.9. The van der Waals surface area contributed by atoms with Crippen molar-refractivity contribution in [3.63, 3.8) is 0 Å². The fourth-order valence-electron chi connectivity index (χ4n) is 3.47. The van der Waals surface area contributed by atoms with E-state index in [1.54, 1.807) is 43.3 Å². The summed E-state index contributed by atoms with van der Waals surface area (Å²) < 4.78 is 5.76. The van der Waals surface area contributed by atoms with Gasteiger partial charge < -0.3 is 14.4 Å². The fourth-order valence-corrected chi connectivity index (χ4v) is 3.47. The smallest absolute Gasteiger partial charge is 0.296 e. The molecule has 1 aromatic heterocycles. The number of likely N-dealkylation sites (tertiary alicyclic amines) is 1. The van der Waals surface area contributed by atoms with Crippen LogP contribution in [-0.2, 0) is 16.1 Å². The molecule has 0 aliphatic carbocycles. The van der Waals surface area contributed by atoms with Gasteiger partial charge in [-0.25, -0.2) is 0 Å². The third-order valence-corrected chi connectivity index (χ3v) is 4.81. The largest absolute Gasteiger partial charge is 0.507 e. The molecule has 3 aromatic rings. The van der Waals surface area contributed by atoms with Crippen molar-refractivity contribution in [2.24, 2.45) is 0 Å². The number of aliphatic hydroxyl groups excluding tert-OH is 1. The fraction of sp³-hybridized carbons (Fsp3) is 0.130. The number of hydrogen-bond acceptors (Lipinski definition) is 4. The molecule has 1 atom stereocenters. The van der Waals surface area contributed by atoms with Gasteiger partial charge in [0.2, 0.25) is 0 Å². The topological polar surface area (TPSA) is 70.8 Å². The monoisotopic (exact) mass is 373 g/mol. The lowest BCUT2D eigenvalue weighted by atomic mass is 9.99. The molecule has 0 bridgehead atoms. The van der Waals surface area contributed by atoms with E-state index >= 15 is 0 Å². The minimum atomic E-state index is -0.783. The van der Waals surface area contributed by atoms with Gasteiger partial charge in [-0.2, -0.15) is 0 Å². The van der Waals surface area contributed by atoms with Gasteiger partial charge >= 0.3 is 0 Å². The van der Waals surface area contributed by atoms with E-state index in [-0.39, 0.29) is 17.9 Å². The molecule has 5 heteroatoms. The Labute approximate surface area is 162 Å². The molecule has 2 aromatic carbocycles. The molecule has 0 radical (unpaired) electrons. The van der Waals surface area contributed by atoms with Crippen LogP contribution in [0.3, 0.4) is 0 Å². The maximum absolute atomic E-state index is 12.9. The minimum Gasteiger partial charge on any atom is -0.507 e. The number of nitrogens with zero attached hydrogens (tertiary/aromatic N) is 1. The van der Waals surface area contributed by atoms with Gasteiger partial charge in [-0.15, -0.1) is 0 Å². The average molecular weight is 373 g/mol. The number of ketones is 1. The number of Topliss-reactive ketones (excluding diaryl/α,β-unsaturated/α-hetero) is 1. The predicted octanol–water partition coefficient (Wildman–Crippen LogP) is 4.21. The molecular weight excluding hydrogens is 354 g/mol. The summed E-state index contributed by atoms with van der Waals surface area (Å²) in [5.41, 5.74) is 1.41. The van der Waals surface area contributed by atoms with E-state index in [9.17, 15) is 14.7 Å². The molecule has 5 nitrogen and oxygen atoms in total. The third kappa shape index (κ3) is 3.11. The lowest BCUT2D eigenvalue weighted by Gasteiger charge is -2.23. The van der Waals surface area contributed by atoms with E-state index in [0.29, 0.717) is 17.1 Å². The first-order valence-electron chi connectivity index (χ1n) is 9.00. The molecule has 1 unspecified atom stereocenters. The second-order valence-corrected chi connectivity index (χ2v) is 6.73. The Kier molecular flexibility index (Phi) is 4.57. The molecule has 0 spiro atoms. The highest BCUT2D eigenvalue weighted by Gasteiger charge is 2.47. The molecule has 1 fully saturated rings. The Bertz CT molecular complexity index is 1050. The summed E-state index contributed by atoms with van der Waals surface area (Å²) in [6.45, 7) is 2.03.